The second-order valence-electron chi connectivity index (χ2n) is 6.98. The Hall–Kier alpha value is -1.62. The topological polar surface area (TPSA) is 45.7 Å². The molecule has 1 amide bonds. The molecule has 0 radical (unpaired) electrons. The van der Waals surface area contributed by atoms with Crippen molar-refractivity contribution in [3.63, 3.8) is 0 Å². The largest absolute Gasteiger partial charge is 0.444 e. The number of hydrogen-bond acceptors (Lipinski definition) is 4. The lowest BCUT2D eigenvalue weighted by molar-refractivity contribution is 0.0130. The highest BCUT2D eigenvalue weighted by atomic mass is 16.6. The molecule has 22 heavy (non-hydrogen) atoms. The molecule has 0 aliphatic carbocycles. The van der Waals surface area contributed by atoms with Crippen molar-refractivity contribution in [2.75, 3.05) is 20.1 Å². The molecule has 0 bridgehead atoms. The summed E-state index contributed by atoms with van der Waals surface area (Å²) >= 11 is 0. The van der Waals surface area contributed by atoms with Gasteiger partial charge in [-0.1, -0.05) is 0 Å². The van der Waals surface area contributed by atoms with Gasteiger partial charge in [0.05, 0.1) is 0 Å². The van der Waals surface area contributed by atoms with Gasteiger partial charge in [-0.2, -0.15) is 0 Å². The van der Waals surface area contributed by atoms with E-state index in [4.69, 9.17) is 4.74 Å². The number of amides is 1. The fourth-order valence-electron chi connectivity index (χ4n) is 2.72. The maximum Gasteiger partial charge on any atom is 0.410 e. The number of aromatic nitrogens is 1. The van der Waals surface area contributed by atoms with E-state index in [0.29, 0.717) is 0 Å². The van der Waals surface area contributed by atoms with E-state index < -0.39 is 5.60 Å². The van der Waals surface area contributed by atoms with Crippen LogP contribution in [-0.2, 0) is 11.3 Å². The minimum Gasteiger partial charge on any atom is -0.444 e. The third kappa shape index (κ3) is 4.98. The molecule has 5 heteroatoms. The zero-order valence-electron chi connectivity index (χ0n) is 14.1. The monoisotopic (exact) mass is 305 g/mol. The fraction of sp³-hybridized carbons (Fsp3) is 0.647. The number of rotatable bonds is 3. The van der Waals surface area contributed by atoms with Gasteiger partial charge < -0.3 is 9.64 Å². The van der Waals surface area contributed by atoms with Crippen LogP contribution in [0.5, 0.6) is 0 Å². The minimum absolute atomic E-state index is 0.213. The molecule has 5 nitrogen and oxygen atoms in total. The number of pyridine rings is 1. The third-order valence-electron chi connectivity index (χ3n) is 3.87. The van der Waals surface area contributed by atoms with Crippen LogP contribution in [0.1, 0.15) is 39.2 Å². The van der Waals surface area contributed by atoms with E-state index in [1.165, 1.54) is 5.56 Å². The van der Waals surface area contributed by atoms with E-state index in [-0.39, 0.29) is 12.1 Å². The van der Waals surface area contributed by atoms with Crippen molar-refractivity contribution in [1.82, 2.24) is 14.8 Å². The molecular formula is C17H27N3O2. The van der Waals surface area contributed by atoms with Gasteiger partial charge in [-0.15, -0.1) is 0 Å². The average Bonchev–Trinajstić information content (AvgIpc) is 2.46. The number of piperidine rings is 1. The van der Waals surface area contributed by atoms with Gasteiger partial charge in [0.2, 0.25) is 0 Å². The summed E-state index contributed by atoms with van der Waals surface area (Å²) in [5.74, 6) is 0. The Morgan fingerprint density at radius 1 is 1.41 bits per heavy atom. The molecule has 1 saturated heterocycles. The predicted molar refractivity (Wildman–Crippen MR) is 86.5 cm³/mol. The van der Waals surface area contributed by atoms with Crippen molar-refractivity contribution >= 4 is 6.09 Å². The SMILES string of the molecule is CN(C(=O)OC(C)(C)C)C1CCCN(Cc2ccncc2)C1. The molecule has 0 saturated carbocycles. The Morgan fingerprint density at radius 2 is 2.09 bits per heavy atom. The van der Waals surface area contributed by atoms with Crippen molar-refractivity contribution in [3.05, 3.63) is 30.1 Å². The average molecular weight is 305 g/mol. The summed E-state index contributed by atoms with van der Waals surface area (Å²) in [5, 5.41) is 0. The Bertz CT molecular complexity index is 484. The van der Waals surface area contributed by atoms with Gasteiger partial charge in [0, 0.05) is 38.6 Å². The Balaban J connectivity index is 1.91. The van der Waals surface area contributed by atoms with E-state index in [2.05, 4.69) is 9.88 Å². The van der Waals surface area contributed by atoms with Crippen molar-refractivity contribution in [2.24, 2.45) is 0 Å². The van der Waals surface area contributed by atoms with E-state index in [1.807, 2.05) is 52.3 Å². The fourth-order valence-corrected chi connectivity index (χ4v) is 2.72. The molecule has 1 aromatic rings. The molecule has 1 aromatic heterocycles. The van der Waals surface area contributed by atoms with Crippen LogP contribution >= 0.6 is 0 Å². The van der Waals surface area contributed by atoms with Crippen LogP contribution in [0.2, 0.25) is 0 Å². The predicted octanol–water partition coefficient (Wildman–Crippen LogP) is 2.91. The zero-order chi connectivity index (χ0) is 16.2. The minimum atomic E-state index is -0.448. The van der Waals surface area contributed by atoms with Crippen molar-refractivity contribution in [3.8, 4) is 0 Å². The quantitative estimate of drug-likeness (QED) is 0.861. The molecule has 122 valence electrons. The summed E-state index contributed by atoms with van der Waals surface area (Å²) in [6, 6.07) is 4.30. The highest BCUT2D eigenvalue weighted by Crippen LogP contribution is 2.19. The Labute approximate surface area is 133 Å². The van der Waals surface area contributed by atoms with Crippen LogP contribution in [0.3, 0.4) is 0 Å². The van der Waals surface area contributed by atoms with E-state index in [1.54, 1.807) is 4.90 Å². The first-order valence-electron chi connectivity index (χ1n) is 7.92. The number of likely N-dealkylation sites (tertiary alicyclic amines) is 1. The lowest BCUT2D eigenvalue weighted by Gasteiger charge is -2.38. The van der Waals surface area contributed by atoms with Crippen LogP contribution in [0.4, 0.5) is 4.79 Å². The van der Waals surface area contributed by atoms with Crippen molar-refractivity contribution < 1.29 is 9.53 Å². The van der Waals surface area contributed by atoms with Gasteiger partial charge in [-0.05, 0) is 57.9 Å². The lowest BCUT2D eigenvalue weighted by atomic mass is 10.0. The van der Waals surface area contributed by atoms with Gasteiger partial charge in [0.25, 0.3) is 0 Å². The normalized spacial score (nSPS) is 19.7. The highest BCUT2D eigenvalue weighted by Gasteiger charge is 2.29. The zero-order valence-corrected chi connectivity index (χ0v) is 14.1. The summed E-state index contributed by atoms with van der Waals surface area (Å²) in [6.07, 6.45) is 5.54. The van der Waals surface area contributed by atoms with Gasteiger partial charge >= 0.3 is 6.09 Å². The number of ether oxygens (including phenoxy) is 1. The summed E-state index contributed by atoms with van der Waals surface area (Å²) in [7, 11) is 1.84. The Kier molecular flexibility index (Phi) is 5.40. The maximum atomic E-state index is 12.2. The summed E-state index contributed by atoms with van der Waals surface area (Å²) in [6.45, 7) is 8.56. The molecule has 0 N–H and O–H groups in total. The molecule has 2 rings (SSSR count). The van der Waals surface area contributed by atoms with Crippen LogP contribution < -0.4 is 0 Å². The molecule has 1 aliphatic rings. The van der Waals surface area contributed by atoms with Gasteiger partial charge in [-0.25, -0.2) is 4.79 Å². The number of carbonyl (C=O) groups is 1. The first kappa shape index (κ1) is 16.7. The molecule has 2 heterocycles. The van der Waals surface area contributed by atoms with Crippen LogP contribution in [0.15, 0.2) is 24.5 Å². The summed E-state index contributed by atoms with van der Waals surface area (Å²) in [4.78, 5) is 20.4. The van der Waals surface area contributed by atoms with E-state index in [9.17, 15) is 4.79 Å². The molecule has 1 atom stereocenters. The molecule has 0 spiro atoms. The molecule has 1 fully saturated rings. The summed E-state index contributed by atoms with van der Waals surface area (Å²) in [5.41, 5.74) is 0.812. The number of likely N-dealkylation sites (N-methyl/N-ethyl adjacent to an activating group) is 1. The molecular weight excluding hydrogens is 278 g/mol. The number of hydrogen-bond donors (Lipinski definition) is 0. The van der Waals surface area contributed by atoms with Gasteiger partial charge in [0.1, 0.15) is 5.60 Å². The Morgan fingerprint density at radius 3 is 2.73 bits per heavy atom. The second-order valence-corrected chi connectivity index (χ2v) is 6.98. The number of carbonyl (C=O) groups excluding carboxylic acids is 1. The van der Waals surface area contributed by atoms with E-state index >= 15 is 0 Å². The molecule has 0 aromatic carbocycles. The standard InChI is InChI=1S/C17H27N3O2/c1-17(2,3)22-16(21)19(4)15-6-5-11-20(13-15)12-14-7-9-18-10-8-14/h7-10,15H,5-6,11-13H2,1-4H3. The second kappa shape index (κ2) is 7.09. The summed E-state index contributed by atoms with van der Waals surface area (Å²) < 4.78 is 5.47. The van der Waals surface area contributed by atoms with Crippen molar-refractivity contribution in [1.29, 1.82) is 0 Å². The third-order valence-corrected chi connectivity index (χ3v) is 3.87. The van der Waals surface area contributed by atoms with Crippen molar-refractivity contribution in [2.45, 2.75) is 51.8 Å². The van der Waals surface area contributed by atoms with E-state index in [0.717, 1.165) is 32.5 Å². The van der Waals surface area contributed by atoms with Crippen LogP contribution in [0, 0.1) is 0 Å². The maximum absolute atomic E-state index is 12.2. The highest BCUT2D eigenvalue weighted by molar-refractivity contribution is 5.68. The molecule has 1 aliphatic heterocycles. The first-order chi connectivity index (χ1) is 10.3. The van der Waals surface area contributed by atoms with Gasteiger partial charge in [0.15, 0.2) is 0 Å². The van der Waals surface area contributed by atoms with Crippen LogP contribution in [0.25, 0.3) is 0 Å². The molecule has 1 unspecified atom stereocenters. The van der Waals surface area contributed by atoms with Gasteiger partial charge in [-0.3, -0.25) is 9.88 Å². The lowest BCUT2D eigenvalue weighted by Crippen LogP contribution is -2.49. The smallest absolute Gasteiger partial charge is 0.410 e. The van der Waals surface area contributed by atoms with Crippen LogP contribution in [-0.4, -0.2) is 52.7 Å². The first-order valence-corrected chi connectivity index (χ1v) is 7.92. The number of nitrogens with zero attached hydrogens (tertiary/aromatic N) is 3.